The van der Waals surface area contributed by atoms with Crippen molar-refractivity contribution < 1.29 is 4.74 Å². The fourth-order valence-electron chi connectivity index (χ4n) is 3.24. The van der Waals surface area contributed by atoms with Crippen molar-refractivity contribution in [3.63, 3.8) is 0 Å². The molecule has 0 aliphatic rings. The van der Waals surface area contributed by atoms with E-state index in [1.807, 2.05) is 37.4 Å². The van der Waals surface area contributed by atoms with E-state index in [2.05, 4.69) is 30.0 Å². The number of para-hydroxylation sites is 1. The second-order valence-corrected chi connectivity index (χ2v) is 7.85. The van der Waals surface area contributed by atoms with Gasteiger partial charge in [-0.3, -0.25) is 9.69 Å². The van der Waals surface area contributed by atoms with Gasteiger partial charge in [0, 0.05) is 30.6 Å². The maximum absolute atomic E-state index is 12.6. The normalized spacial score (nSPS) is 12.4. The number of thiazole rings is 1. The minimum atomic E-state index is -0.111. The van der Waals surface area contributed by atoms with Gasteiger partial charge >= 0.3 is 0 Å². The zero-order valence-electron chi connectivity index (χ0n) is 17.2. The van der Waals surface area contributed by atoms with E-state index < -0.39 is 0 Å². The van der Waals surface area contributed by atoms with Crippen molar-refractivity contribution in [2.45, 2.75) is 33.4 Å². The van der Waals surface area contributed by atoms with Crippen molar-refractivity contribution in [1.29, 1.82) is 0 Å². The maximum Gasteiger partial charge on any atom is 0.277 e. The second kappa shape index (κ2) is 8.24. The molecular formula is C21H26N4O2S. The SMILES string of the molecule is COc1ccccc1C(C)N(C)Cc1csc(-c2c(C)c(C)nn(C)c2=O)n1. The summed E-state index contributed by atoms with van der Waals surface area (Å²) in [5.74, 6) is 0.882. The highest BCUT2D eigenvalue weighted by Crippen LogP contribution is 2.30. The summed E-state index contributed by atoms with van der Waals surface area (Å²) in [5.41, 5.74) is 4.35. The molecule has 3 rings (SSSR count). The average molecular weight is 399 g/mol. The zero-order chi connectivity index (χ0) is 20.4. The van der Waals surface area contributed by atoms with Gasteiger partial charge in [0.1, 0.15) is 10.8 Å². The van der Waals surface area contributed by atoms with Crippen LogP contribution < -0.4 is 10.3 Å². The highest BCUT2D eigenvalue weighted by molar-refractivity contribution is 7.13. The predicted octanol–water partition coefficient (Wildman–Crippen LogP) is 3.72. The molecule has 2 aromatic heterocycles. The Labute approximate surface area is 169 Å². The summed E-state index contributed by atoms with van der Waals surface area (Å²) < 4.78 is 6.88. The van der Waals surface area contributed by atoms with Crippen LogP contribution in [0.3, 0.4) is 0 Å². The minimum Gasteiger partial charge on any atom is -0.496 e. The number of hydrogen-bond acceptors (Lipinski definition) is 6. The van der Waals surface area contributed by atoms with Crippen LogP contribution in [0, 0.1) is 13.8 Å². The summed E-state index contributed by atoms with van der Waals surface area (Å²) in [7, 11) is 5.43. The fraction of sp³-hybridized carbons (Fsp3) is 0.381. The van der Waals surface area contributed by atoms with Crippen molar-refractivity contribution in [1.82, 2.24) is 19.7 Å². The number of aromatic nitrogens is 3. The summed E-state index contributed by atoms with van der Waals surface area (Å²) in [6.45, 7) is 6.67. The van der Waals surface area contributed by atoms with E-state index >= 15 is 0 Å². The van der Waals surface area contributed by atoms with Crippen LogP contribution >= 0.6 is 11.3 Å². The van der Waals surface area contributed by atoms with Gasteiger partial charge in [-0.1, -0.05) is 18.2 Å². The third kappa shape index (κ3) is 3.86. The van der Waals surface area contributed by atoms with Gasteiger partial charge in [0.05, 0.1) is 24.1 Å². The van der Waals surface area contributed by atoms with Crippen molar-refractivity contribution in [2.24, 2.45) is 7.05 Å². The summed E-state index contributed by atoms with van der Waals surface area (Å²) >= 11 is 1.50. The van der Waals surface area contributed by atoms with Crippen LogP contribution in [0.4, 0.5) is 0 Å². The molecule has 3 aromatic rings. The Hall–Kier alpha value is -2.51. The van der Waals surface area contributed by atoms with E-state index in [1.54, 1.807) is 14.2 Å². The van der Waals surface area contributed by atoms with Crippen molar-refractivity contribution in [3.8, 4) is 16.3 Å². The third-order valence-corrected chi connectivity index (χ3v) is 6.06. The van der Waals surface area contributed by atoms with Gasteiger partial charge in [0.15, 0.2) is 0 Å². The van der Waals surface area contributed by atoms with E-state index in [1.165, 1.54) is 16.0 Å². The molecule has 28 heavy (non-hydrogen) atoms. The first kappa shape index (κ1) is 20.2. The van der Waals surface area contributed by atoms with Gasteiger partial charge < -0.3 is 4.74 Å². The van der Waals surface area contributed by atoms with Gasteiger partial charge in [0.25, 0.3) is 5.56 Å². The molecular weight excluding hydrogens is 372 g/mol. The number of hydrogen-bond donors (Lipinski definition) is 0. The molecule has 7 heteroatoms. The summed E-state index contributed by atoms with van der Waals surface area (Å²) in [6.07, 6.45) is 0. The number of rotatable bonds is 6. The number of benzene rings is 1. The average Bonchev–Trinajstić information content (AvgIpc) is 3.14. The minimum absolute atomic E-state index is 0.111. The predicted molar refractivity (Wildman–Crippen MR) is 113 cm³/mol. The first-order valence-corrected chi connectivity index (χ1v) is 10.0. The lowest BCUT2D eigenvalue weighted by atomic mass is 10.1. The molecule has 1 aromatic carbocycles. The number of aryl methyl sites for hydroxylation is 2. The first-order valence-electron chi connectivity index (χ1n) is 9.16. The number of methoxy groups -OCH3 is 1. The Bertz CT molecular complexity index is 1040. The van der Waals surface area contributed by atoms with E-state index in [9.17, 15) is 4.79 Å². The Kier molecular flexibility index (Phi) is 5.96. The molecule has 0 N–H and O–H groups in total. The van der Waals surface area contributed by atoms with Crippen LogP contribution in [0.15, 0.2) is 34.4 Å². The van der Waals surface area contributed by atoms with Gasteiger partial charge in [-0.15, -0.1) is 11.3 Å². The van der Waals surface area contributed by atoms with Crippen molar-refractivity contribution >= 4 is 11.3 Å². The molecule has 0 aliphatic heterocycles. The smallest absolute Gasteiger partial charge is 0.277 e. The van der Waals surface area contributed by atoms with Gasteiger partial charge in [0.2, 0.25) is 0 Å². The maximum atomic E-state index is 12.6. The molecule has 1 atom stereocenters. The molecule has 1 unspecified atom stereocenters. The molecule has 0 bridgehead atoms. The van der Waals surface area contributed by atoms with Gasteiger partial charge in [-0.2, -0.15) is 5.10 Å². The molecule has 6 nitrogen and oxygen atoms in total. The summed E-state index contributed by atoms with van der Waals surface area (Å²) in [5, 5.41) is 7.02. The Morgan fingerprint density at radius 1 is 1.29 bits per heavy atom. The van der Waals surface area contributed by atoms with Crippen LogP contribution in [-0.4, -0.2) is 33.8 Å². The Morgan fingerprint density at radius 2 is 2.00 bits per heavy atom. The first-order chi connectivity index (χ1) is 13.3. The highest BCUT2D eigenvalue weighted by Gasteiger charge is 2.19. The van der Waals surface area contributed by atoms with E-state index in [0.717, 1.165) is 33.3 Å². The molecule has 0 aliphatic carbocycles. The molecule has 2 heterocycles. The lowest BCUT2D eigenvalue weighted by Gasteiger charge is -2.25. The van der Waals surface area contributed by atoms with E-state index in [0.29, 0.717) is 12.1 Å². The number of nitrogens with zero attached hydrogens (tertiary/aromatic N) is 4. The van der Waals surface area contributed by atoms with Crippen LogP contribution in [0.2, 0.25) is 0 Å². The Balaban J connectivity index is 1.85. The lowest BCUT2D eigenvalue weighted by Crippen LogP contribution is -2.24. The molecule has 148 valence electrons. The standard InChI is InChI=1S/C21H26N4O2S/c1-13-14(2)23-25(5)21(26)19(13)20-22-16(12-28-20)11-24(4)15(3)17-9-7-8-10-18(17)27-6/h7-10,12,15H,11H2,1-6H3. The molecule has 0 fully saturated rings. The van der Waals surface area contributed by atoms with Crippen molar-refractivity contribution in [2.75, 3.05) is 14.2 Å². The highest BCUT2D eigenvalue weighted by atomic mass is 32.1. The second-order valence-electron chi connectivity index (χ2n) is 6.99. The van der Waals surface area contributed by atoms with Gasteiger partial charge in [-0.25, -0.2) is 9.67 Å². The molecule has 0 spiro atoms. The summed E-state index contributed by atoms with van der Waals surface area (Å²) in [6, 6.07) is 8.22. The van der Waals surface area contributed by atoms with Crippen LogP contribution in [0.25, 0.3) is 10.6 Å². The number of ether oxygens (including phenoxy) is 1. The quantitative estimate of drug-likeness (QED) is 0.633. The topological polar surface area (TPSA) is 60.2 Å². The lowest BCUT2D eigenvalue weighted by molar-refractivity contribution is 0.245. The summed E-state index contributed by atoms with van der Waals surface area (Å²) in [4.78, 5) is 19.5. The van der Waals surface area contributed by atoms with Crippen LogP contribution in [-0.2, 0) is 13.6 Å². The van der Waals surface area contributed by atoms with E-state index in [4.69, 9.17) is 9.72 Å². The molecule has 0 saturated carbocycles. The molecule has 0 saturated heterocycles. The molecule has 0 radical (unpaired) electrons. The van der Waals surface area contributed by atoms with E-state index in [-0.39, 0.29) is 11.6 Å². The third-order valence-electron chi connectivity index (χ3n) is 5.15. The molecule has 0 amide bonds. The van der Waals surface area contributed by atoms with Crippen LogP contribution in [0.1, 0.15) is 35.5 Å². The Morgan fingerprint density at radius 3 is 2.71 bits per heavy atom. The van der Waals surface area contributed by atoms with Crippen molar-refractivity contribution in [3.05, 3.63) is 62.5 Å². The van der Waals surface area contributed by atoms with Gasteiger partial charge in [-0.05, 0) is 39.4 Å². The fourth-order valence-corrected chi connectivity index (χ4v) is 4.14. The van der Waals surface area contributed by atoms with Crippen LogP contribution in [0.5, 0.6) is 5.75 Å². The zero-order valence-corrected chi connectivity index (χ0v) is 18.0. The monoisotopic (exact) mass is 398 g/mol. The largest absolute Gasteiger partial charge is 0.496 e.